The van der Waals surface area contributed by atoms with Crippen molar-refractivity contribution in [2.45, 2.75) is 96.8 Å². The van der Waals surface area contributed by atoms with Crippen LogP contribution in [0.5, 0.6) is 5.75 Å². The van der Waals surface area contributed by atoms with E-state index in [0.29, 0.717) is 6.61 Å². The summed E-state index contributed by atoms with van der Waals surface area (Å²) < 4.78 is 11.4. The van der Waals surface area contributed by atoms with Crippen LogP contribution in [0.3, 0.4) is 0 Å². The summed E-state index contributed by atoms with van der Waals surface area (Å²) in [4.78, 5) is 12.0. The highest BCUT2D eigenvalue weighted by Gasteiger charge is 2.15. The number of carbonyl (C=O) groups is 1. The fraction of sp³-hybridized carbons (Fsp3) is 0.700. The van der Waals surface area contributed by atoms with Gasteiger partial charge in [0.1, 0.15) is 18.9 Å². The molecule has 0 bridgehead atoms. The summed E-state index contributed by atoms with van der Waals surface area (Å²) in [5.41, 5.74) is 0.951. The number of likely N-dealkylation sites (N-methyl/N-ethyl adjacent to an activating group) is 1. The molecule has 0 heterocycles. The lowest BCUT2D eigenvalue weighted by Crippen LogP contribution is -3.00. The number of hydrogen-bond donors (Lipinski definition) is 0. The molecule has 0 saturated carbocycles. The Morgan fingerprint density at radius 1 is 0.771 bits per heavy atom. The van der Waals surface area contributed by atoms with Crippen molar-refractivity contribution < 1.29 is 35.7 Å². The van der Waals surface area contributed by atoms with Crippen molar-refractivity contribution in [3.05, 3.63) is 35.9 Å². The third kappa shape index (κ3) is 19.5. The maximum Gasteiger partial charge on any atom is 0.330 e. The van der Waals surface area contributed by atoms with E-state index in [4.69, 9.17) is 9.47 Å². The predicted octanol–water partition coefficient (Wildman–Crippen LogP) is 4.81. The first-order valence-corrected chi connectivity index (χ1v) is 13.8. The van der Waals surface area contributed by atoms with Crippen molar-refractivity contribution >= 4 is 12.0 Å². The van der Waals surface area contributed by atoms with Gasteiger partial charge in [-0.15, -0.1) is 0 Å². The van der Waals surface area contributed by atoms with E-state index in [1.165, 1.54) is 96.0 Å². The number of rotatable bonds is 21. The molecule has 0 aliphatic heterocycles. The van der Waals surface area contributed by atoms with Crippen LogP contribution in [0, 0.1) is 0 Å². The number of methoxy groups -OCH3 is 1. The normalized spacial score (nSPS) is 11.4. The Balaban J connectivity index is 0.0000116. The molecule has 0 radical (unpaired) electrons. The van der Waals surface area contributed by atoms with Gasteiger partial charge < -0.3 is 30.9 Å². The van der Waals surface area contributed by atoms with Gasteiger partial charge in [0.2, 0.25) is 0 Å². The average molecular weight is 555 g/mol. The van der Waals surface area contributed by atoms with Gasteiger partial charge in [0, 0.05) is 6.08 Å². The maximum absolute atomic E-state index is 12.0. The van der Waals surface area contributed by atoms with Crippen LogP contribution in [0.15, 0.2) is 30.3 Å². The number of esters is 1. The van der Waals surface area contributed by atoms with Crippen molar-refractivity contribution in [2.24, 2.45) is 0 Å². The van der Waals surface area contributed by atoms with Gasteiger partial charge in [-0.3, -0.25) is 0 Å². The number of unbranched alkanes of at least 4 members (excludes halogenated alkanes) is 13. The lowest BCUT2D eigenvalue weighted by Gasteiger charge is -2.29. The van der Waals surface area contributed by atoms with Gasteiger partial charge in [-0.25, -0.2) is 4.79 Å². The van der Waals surface area contributed by atoms with Crippen molar-refractivity contribution in [1.29, 1.82) is 0 Å². The van der Waals surface area contributed by atoms with Crippen LogP contribution >= 0.6 is 0 Å². The highest BCUT2D eigenvalue weighted by atomic mass is 79.9. The smallest absolute Gasteiger partial charge is 0.330 e. The standard InChI is InChI=1S/C30H52NO3.BrH/c1-5-6-7-8-9-10-11-12-13-14-15-16-17-18-25-31(2,3)26-27-34-30(32)24-21-28-19-22-29(33-4)23-20-28;/h19-24H,5-18,25-27H2,1-4H3;1H/q+1;/p-1/b24-21+;. The van der Waals surface area contributed by atoms with E-state index in [-0.39, 0.29) is 23.0 Å². The van der Waals surface area contributed by atoms with Gasteiger partial charge in [-0.05, 0) is 36.6 Å². The first-order chi connectivity index (χ1) is 16.5. The van der Waals surface area contributed by atoms with Crippen molar-refractivity contribution in [3.8, 4) is 5.75 Å². The zero-order valence-electron chi connectivity index (χ0n) is 23.0. The number of carbonyl (C=O) groups excluding carboxylic acids is 1. The lowest BCUT2D eigenvalue weighted by molar-refractivity contribution is -0.890. The largest absolute Gasteiger partial charge is 1.00 e. The first kappa shape index (κ1) is 33.7. The van der Waals surface area contributed by atoms with E-state index in [1.54, 1.807) is 13.2 Å². The number of benzene rings is 1. The van der Waals surface area contributed by atoms with E-state index in [9.17, 15) is 4.79 Å². The molecule has 4 nitrogen and oxygen atoms in total. The Kier molecular flexibility index (Phi) is 21.1. The number of nitrogens with zero attached hydrogens (tertiary/aromatic N) is 1. The molecule has 0 aromatic heterocycles. The topological polar surface area (TPSA) is 35.5 Å². The predicted molar refractivity (Wildman–Crippen MR) is 145 cm³/mol. The number of hydrogen-bond acceptors (Lipinski definition) is 3. The first-order valence-electron chi connectivity index (χ1n) is 13.8. The van der Waals surface area contributed by atoms with E-state index >= 15 is 0 Å². The second-order valence-electron chi connectivity index (χ2n) is 10.3. The molecule has 0 spiro atoms. The Morgan fingerprint density at radius 2 is 1.26 bits per heavy atom. The van der Waals surface area contributed by atoms with Crippen molar-refractivity contribution in [2.75, 3.05) is 40.9 Å². The summed E-state index contributed by atoms with van der Waals surface area (Å²) in [6, 6.07) is 7.59. The monoisotopic (exact) mass is 553 g/mol. The average Bonchev–Trinajstić information content (AvgIpc) is 2.83. The third-order valence-electron chi connectivity index (χ3n) is 6.59. The van der Waals surface area contributed by atoms with E-state index in [2.05, 4.69) is 21.0 Å². The molecular weight excluding hydrogens is 502 g/mol. The van der Waals surface area contributed by atoms with Gasteiger partial charge in [-0.2, -0.15) is 0 Å². The van der Waals surface area contributed by atoms with Crippen LogP contribution in [-0.4, -0.2) is 51.4 Å². The summed E-state index contributed by atoms with van der Waals surface area (Å²) in [7, 11) is 6.09. The van der Waals surface area contributed by atoms with Crippen LogP contribution in [0.2, 0.25) is 0 Å². The molecule has 0 N–H and O–H groups in total. The molecule has 0 saturated heterocycles. The highest BCUT2D eigenvalue weighted by Crippen LogP contribution is 2.14. The van der Waals surface area contributed by atoms with Crippen LogP contribution in [0.1, 0.15) is 102 Å². The molecule has 0 atom stereocenters. The molecule has 35 heavy (non-hydrogen) atoms. The zero-order valence-corrected chi connectivity index (χ0v) is 24.6. The summed E-state index contributed by atoms with van der Waals surface area (Å²) in [6.45, 7) is 4.72. The SMILES string of the molecule is CCCCCCCCCCCCCCCC[N+](C)(C)CCOC(=O)/C=C/c1ccc(OC)cc1.[Br-]. The van der Waals surface area contributed by atoms with Gasteiger partial charge in [0.15, 0.2) is 0 Å². The van der Waals surface area contributed by atoms with Crippen LogP contribution < -0.4 is 21.7 Å². The molecule has 0 amide bonds. The summed E-state index contributed by atoms with van der Waals surface area (Å²) in [6.07, 6.45) is 22.7. The van der Waals surface area contributed by atoms with Crippen molar-refractivity contribution in [1.82, 2.24) is 0 Å². The van der Waals surface area contributed by atoms with Crippen LogP contribution in [0.25, 0.3) is 6.08 Å². The molecule has 0 unspecified atom stereocenters. The van der Waals surface area contributed by atoms with E-state index < -0.39 is 0 Å². The minimum absolute atomic E-state index is 0. The van der Waals surface area contributed by atoms with Gasteiger partial charge in [0.25, 0.3) is 0 Å². The second kappa shape index (κ2) is 21.9. The Morgan fingerprint density at radius 3 is 1.74 bits per heavy atom. The molecule has 1 aromatic carbocycles. The van der Waals surface area contributed by atoms with E-state index in [1.807, 2.05) is 24.3 Å². The number of ether oxygens (including phenoxy) is 2. The molecule has 1 aromatic rings. The molecule has 1 rings (SSSR count). The highest BCUT2D eigenvalue weighted by molar-refractivity contribution is 5.87. The van der Waals surface area contributed by atoms with E-state index in [0.717, 1.165) is 28.9 Å². The Hall–Kier alpha value is -1.33. The van der Waals surface area contributed by atoms with Crippen LogP contribution in [-0.2, 0) is 9.53 Å². The second-order valence-corrected chi connectivity index (χ2v) is 10.3. The molecule has 0 fully saturated rings. The maximum atomic E-state index is 12.0. The summed E-state index contributed by atoms with van der Waals surface area (Å²) >= 11 is 0. The quantitative estimate of drug-likeness (QED) is 0.0947. The minimum Gasteiger partial charge on any atom is -1.00 e. The zero-order chi connectivity index (χ0) is 24.9. The third-order valence-corrected chi connectivity index (χ3v) is 6.59. The Bertz CT molecular complexity index is 658. The molecule has 0 aliphatic rings. The molecule has 202 valence electrons. The van der Waals surface area contributed by atoms with Gasteiger partial charge >= 0.3 is 5.97 Å². The molecule has 0 aliphatic carbocycles. The number of halogens is 1. The van der Waals surface area contributed by atoms with Gasteiger partial charge in [0.05, 0.1) is 27.7 Å². The minimum atomic E-state index is -0.285. The van der Waals surface area contributed by atoms with Gasteiger partial charge in [-0.1, -0.05) is 96.1 Å². The Labute approximate surface area is 226 Å². The molecule has 5 heteroatoms. The fourth-order valence-corrected chi connectivity index (χ4v) is 4.17. The fourth-order valence-electron chi connectivity index (χ4n) is 4.17. The summed E-state index contributed by atoms with van der Waals surface area (Å²) in [5.74, 6) is 0.519. The van der Waals surface area contributed by atoms with Crippen LogP contribution in [0.4, 0.5) is 0 Å². The molecular formula is C30H52BrNO3. The summed E-state index contributed by atoms with van der Waals surface area (Å²) in [5, 5.41) is 0. The number of quaternary nitrogens is 1. The lowest BCUT2D eigenvalue weighted by atomic mass is 10.0. The van der Waals surface area contributed by atoms with Crippen molar-refractivity contribution in [3.63, 3.8) is 0 Å².